The molecule has 0 bridgehead atoms. The average Bonchev–Trinajstić information content (AvgIpc) is 3.15. The number of alkyl halides is 2. The maximum Gasteiger partial charge on any atom is 0.387 e. The maximum atomic E-state index is 13.8. The minimum absolute atomic E-state index is 0.00858. The van der Waals surface area contributed by atoms with Crippen LogP contribution in [0.5, 0.6) is 5.75 Å². The highest BCUT2D eigenvalue weighted by Gasteiger charge is 2.14. The standard InChI is InChI=1S/C20H16BrF3N2O3/c21-13-5-6-16(29-20(23)24)12(9-13)10-25-18(27)7-8-19-26-11-17(28-19)14-3-1-2-4-15(14)22/h1-6,9,11,20H,7-8,10H2,(H,25,27). The Balaban J connectivity index is 1.55. The van der Waals surface area contributed by atoms with Crippen molar-refractivity contribution >= 4 is 21.8 Å². The van der Waals surface area contributed by atoms with E-state index in [0.717, 1.165) is 0 Å². The Morgan fingerprint density at radius 2 is 2.03 bits per heavy atom. The Morgan fingerprint density at radius 1 is 1.24 bits per heavy atom. The lowest BCUT2D eigenvalue weighted by Crippen LogP contribution is -2.23. The lowest BCUT2D eigenvalue weighted by Gasteiger charge is -2.12. The number of hydrogen-bond donors (Lipinski definition) is 1. The Bertz CT molecular complexity index is 995. The summed E-state index contributed by atoms with van der Waals surface area (Å²) in [5, 5.41) is 2.64. The van der Waals surface area contributed by atoms with E-state index in [0.29, 0.717) is 15.9 Å². The first-order valence-corrected chi connectivity index (χ1v) is 9.41. The Labute approximate surface area is 173 Å². The largest absolute Gasteiger partial charge is 0.441 e. The smallest absolute Gasteiger partial charge is 0.387 e. The molecule has 3 aromatic rings. The van der Waals surface area contributed by atoms with E-state index in [2.05, 4.69) is 31.0 Å². The molecule has 0 fully saturated rings. The number of carbonyl (C=O) groups excluding carboxylic acids is 1. The fourth-order valence-corrected chi connectivity index (χ4v) is 3.02. The first kappa shape index (κ1) is 20.9. The molecule has 1 N–H and O–H groups in total. The number of nitrogens with zero attached hydrogens (tertiary/aromatic N) is 1. The lowest BCUT2D eigenvalue weighted by molar-refractivity contribution is -0.121. The fourth-order valence-electron chi connectivity index (χ4n) is 2.61. The van der Waals surface area contributed by atoms with Crippen molar-refractivity contribution in [1.82, 2.24) is 10.3 Å². The van der Waals surface area contributed by atoms with Gasteiger partial charge >= 0.3 is 6.61 Å². The Morgan fingerprint density at radius 3 is 2.79 bits per heavy atom. The third kappa shape index (κ3) is 5.83. The number of aryl methyl sites for hydroxylation is 1. The normalized spacial score (nSPS) is 10.9. The van der Waals surface area contributed by atoms with Crippen LogP contribution in [0, 0.1) is 5.82 Å². The molecule has 5 nitrogen and oxygen atoms in total. The van der Waals surface area contributed by atoms with Gasteiger partial charge in [0.2, 0.25) is 5.91 Å². The number of hydrogen-bond acceptors (Lipinski definition) is 4. The molecule has 0 spiro atoms. The van der Waals surface area contributed by atoms with E-state index in [1.807, 2.05) is 0 Å². The zero-order valence-electron chi connectivity index (χ0n) is 15.0. The molecule has 0 aliphatic carbocycles. The van der Waals surface area contributed by atoms with Crippen LogP contribution in [0.4, 0.5) is 13.2 Å². The van der Waals surface area contributed by atoms with Crippen molar-refractivity contribution in [2.24, 2.45) is 0 Å². The van der Waals surface area contributed by atoms with E-state index in [1.165, 1.54) is 18.3 Å². The molecule has 2 aromatic carbocycles. The third-order valence-electron chi connectivity index (χ3n) is 3.97. The van der Waals surface area contributed by atoms with Crippen LogP contribution in [0.1, 0.15) is 17.9 Å². The molecular formula is C20H16BrF3N2O3. The van der Waals surface area contributed by atoms with Gasteiger partial charge in [-0.3, -0.25) is 4.79 Å². The monoisotopic (exact) mass is 468 g/mol. The number of amides is 1. The molecule has 0 radical (unpaired) electrons. The van der Waals surface area contributed by atoms with Crippen LogP contribution < -0.4 is 10.1 Å². The maximum absolute atomic E-state index is 13.8. The van der Waals surface area contributed by atoms with E-state index in [9.17, 15) is 18.0 Å². The first-order chi connectivity index (χ1) is 13.9. The van der Waals surface area contributed by atoms with Gasteiger partial charge in [0, 0.05) is 29.4 Å². The summed E-state index contributed by atoms with van der Waals surface area (Å²) in [6.45, 7) is -2.94. The topological polar surface area (TPSA) is 64.4 Å². The second kappa shape index (κ2) is 9.60. The Kier molecular flexibility index (Phi) is 6.92. The molecule has 3 rings (SSSR count). The van der Waals surface area contributed by atoms with Crippen LogP contribution in [-0.2, 0) is 17.8 Å². The summed E-state index contributed by atoms with van der Waals surface area (Å²) in [4.78, 5) is 16.2. The van der Waals surface area contributed by atoms with Gasteiger partial charge in [-0.15, -0.1) is 0 Å². The van der Waals surface area contributed by atoms with Crippen molar-refractivity contribution < 1.29 is 27.1 Å². The van der Waals surface area contributed by atoms with Crippen LogP contribution in [-0.4, -0.2) is 17.5 Å². The molecule has 152 valence electrons. The van der Waals surface area contributed by atoms with Crippen LogP contribution in [0.25, 0.3) is 11.3 Å². The molecule has 0 aliphatic heterocycles. The van der Waals surface area contributed by atoms with Gasteiger partial charge < -0.3 is 14.5 Å². The molecule has 0 atom stereocenters. The number of carbonyl (C=O) groups is 1. The predicted octanol–water partition coefficient (Wildman–Crippen LogP) is 5.09. The van der Waals surface area contributed by atoms with Gasteiger partial charge in [-0.25, -0.2) is 9.37 Å². The van der Waals surface area contributed by atoms with Crippen molar-refractivity contribution in [3.63, 3.8) is 0 Å². The SMILES string of the molecule is O=C(CCc1ncc(-c2ccccc2F)o1)NCc1cc(Br)ccc1OC(F)F. The predicted molar refractivity (Wildman–Crippen MR) is 103 cm³/mol. The first-order valence-electron chi connectivity index (χ1n) is 8.62. The summed E-state index contributed by atoms with van der Waals surface area (Å²) in [7, 11) is 0. The third-order valence-corrected chi connectivity index (χ3v) is 4.47. The summed E-state index contributed by atoms with van der Waals surface area (Å²) in [6.07, 6.45) is 1.68. The molecule has 29 heavy (non-hydrogen) atoms. The fraction of sp³-hybridized carbons (Fsp3) is 0.200. The second-order valence-corrected chi connectivity index (χ2v) is 6.92. The molecular weight excluding hydrogens is 453 g/mol. The molecule has 0 aliphatic rings. The molecule has 1 amide bonds. The lowest BCUT2D eigenvalue weighted by atomic mass is 10.2. The van der Waals surface area contributed by atoms with Gasteiger partial charge in [-0.2, -0.15) is 8.78 Å². The highest BCUT2D eigenvalue weighted by Crippen LogP contribution is 2.25. The summed E-state index contributed by atoms with van der Waals surface area (Å²) in [6, 6.07) is 10.7. The summed E-state index contributed by atoms with van der Waals surface area (Å²) in [5.74, 6) is -0.183. The van der Waals surface area contributed by atoms with Gasteiger partial charge in [0.15, 0.2) is 11.7 Å². The van der Waals surface area contributed by atoms with E-state index >= 15 is 0 Å². The van der Waals surface area contributed by atoms with E-state index < -0.39 is 12.4 Å². The Hall–Kier alpha value is -2.81. The van der Waals surface area contributed by atoms with E-state index in [4.69, 9.17) is 4.42 Å². The molecule has 0 unspecified atom stereocenters. The number of halogens is 4. The number of oxazole rings is 1. The highest BCUT2D eigenvalue weighted by molar-refractivity contribution is 9.10. The number of nitrogens with one attached hydrogen (secondary N) is 1. The number of benzene rings is 2. The van der Waals surface area contributed by atoms with Crippen molar-refractivity contribution in [3.8, 4) is 17.1 Å². The molecule has 9 heteroatoms. The van der Waals surface area contributed by atoms with Crippen LogP contribution in [0.2, 0.25) is 0 Å². The van der Waals surface area contributed by atoms with Gasteiger partial charge in [-0.05, 0) is 30.3 Å². The van der Waals surface area contributed by atoms with Crippen LogP contribution in [0.15, 0.2) is 57.6 Å². The summed E-state index contributed by atoms with van der Waals surface area (Å²) < 4.78 is 49.4. The summed E-state index contributed by atoms with van der Waals surface area (Å²) in [5.41, 5.74) is 0.697. The highest BCUT2D eigenvalue weighted by atomic mass is 79.9. The molecule has 0 saturated carbocycles. The molecule has 1 aromatic heterocycles. The van der Waals surface area contributed by atoms with Gasteiger partial charge in [0.25, 0.3) is 0 Å². The zero-order chi connectivity index (χ0) is 20.8. The number of aromatic nitrogens is 1. The average molecular weight is 469 g/mol. The minimum Gasteiger partial charge on any atom is -0.441 e. The van der Waals surface area contributed by atoms with Crippen molar-refractivity contribution in [1.29, 1.82) is 0 Å². The number of ether oxygens (including phenoxy) is 1. The molecule has 0 saturated heterocycles. The van der Waals surface area contributed by atoms with Crippen molar-refractivity contribution in [2.45, 2.75) is 26.0 Å². The van der Waals surface area contributed by atoms with Gasteiger partial charge in [0.1, 0.15) is 11.6 Å². The minimum atomic E-state index is -2.96. The second-order valence-electron chi connectivity index (χ2n) is 6.01. The summed E-state index contributed by atoms with van der Waals surface area (Å²) >= 11 is 3.25. The van der Waals surface area contributed by atoms with Crippen molar-refractivity contribution in [2.75, 3.05) is 0 Å². The van der Waals surface area contributed by atoms with Crippen LogP contribution in [0.3, 0.4) is 0 Å². The number of rotatable bonds is 8. The van der Waals surface area contributed by atoms with E-state index in [-0.39, 0.29) is 42.4 Å². The molecule has 1 heterocycles. The van der Waals surface area contributed by atoms with Gasteiger partial charge in [-0.1, -0.05) is 28.1 Å². The zero-order valence-corrected chi connectivity index (χ0v) is 16.6. The quantitative estimate of drug-likeness (QED) is 0.499. The van der Waals surface area contributed by atoms with Gasteiger partial charge in [0.05, 0.1) is 11.8 Å². The van der Waals surface area contributed by atoms with E-state index in [1.54, 1.807) is 30.3 Å². The van der Waals surface area contributed by atoms with Crippen molar-refractivity contribution in [3.05, 3.63) is 70.4 Å². The van der Waals surface area contributed by atoms with Crippen LogP contribution >= 0.6 is 15.9 Å².